The van der Waals surface area contributed by atoms with Gasteiger partial charge in [0.2, 0.25) is 20.0 Å². The van der Waals surface area contributed by atoms with E-state index in [9.17, 15) is 21.6 Å². The summed E-state index contributed by atoms with van der Waals surface area (Å²) in [5.41, 5.74) is 1.18. The van der Waals surface area contributed by atoms with Crippen LogP contribution in [0.4, 0.5) is 0 Å². The number of rotatable bonds is 9. The molecule has 1 fully saturated rings. The van der Waals surface area contributed by atoms with Crippen LogP contribution in [0.5, 0.6) is 0 Å². The highest BCUT2D eigenvalue weighted by atomic mass is 32.2. The van der Waals surface area contributed by atoms with Crippen LogP contribution in [0.15, 0.2) is 58.3 Å². The third-order valence-corrected chi connectivity index (χ3v) is 7.27. The first-order valence-electron chi connectivity index (χ1n) is 9.76. The topological polar surface area (TPSA) is 145 Å². The largest absolute Gasteiger partial charge is 0.377 e. The van der Waals surface area contributed by atoms with Crippen molar-refractivity contribution in [3.8, 4) is 0 Å². The smallest absolute Gasteiger partial charge is 0.251 e. The molecule has 9 nitrogen and oxygen atoms in total. The van der Waals surface area contributed by atoms with Gasteiger partial charge in [-0.25, -0.2) is 26.7 Å². The number of benzene rings is 2. The van der Waals surface area contributed by atoms with Crippen LogP contribution in [0.1, 0.15) is 28.8 Å². The first kappa shape index (κ1) is 23.4. The van der Waals surface area contributed by atoms with Crippen molar-refractivity contribution in [2.24, 2.45) is 5.14 Å². The number of primary sulfonamides is 1. The van der Waals surface area contributed by atoms with Gasteiger partial charge < -0.3 is 10.1 Å². The Morgan fingerprint density at radius 1 is 1.00 bits per heavy atom. The third-order valence-electron chi connectivity index (χ3n) is 4.90. The van der Waals surface area contributed by atoms with Gasteiger partial charge in [0.1, 0.15) is 0 Å². The molecule has 0 aliphatic carbocycles. The Bertz CT molecular complexity index is 1110. The molecule has 2 aromatic carbocycles. The van der Waals surface area contributed by atoms with Crippen molar-refractivity contribution in [3.05, 3.63) is 59.7 Å². The van der Waals surface area contributed by atoms with Crippen molar-refractivity contribution >= 4 is 26.0 Å². The van der Waals surface area contributed by atoms with E-state index in [2.05, 4.69) is 10.0 Å². The molecule has 2 aromatic rings. The minimum absolute atomic E-state index is 0.0283. The monoisotopic (exact) mass is 467 g/mol. The summed E-state index contributed by atoms with van der Waals surface area (Å²) in [4.78, 5) is 12.4. The molecule has 168 valence electrons. The van der Waals surface area contributed by atoms with E-state index in [1.54, 1.807) is 12.1 Å². The summed E-state index contributed by atoms with van der Waals surface area (Å²) < 4.78 is 55.2. The fourth-order valence-corrected chi connectivity index (χ4v) is 4.73. The lowest BCUT2D eigenvalue weighted by atomic mass is 10.1. The van der Waals surface area contributed by atoms with Crippen LogP contribution < -0.4 is 15.2 Å². The molecular formula is C20H25N3O6S2. The number of sulfonamides is 2. The van der Waals surface area contributed by atoms with E-state index < -0.39 is 20.0 Å². The van der Waals surface area contributed by atoms with Gasteiger partial charge in [0.25, 0.3) is 5.91 Å². The Morgan fingerprint density at radius 3 is 2.23 bits per heavy atom. The predicted molar refractivity (Wildman–Crippen MR) is 114 cm³/mol. The Morgan fingerprint density at radius 2 is 1.65 bits per heavy atom. The highest BCUT2D eigenvalue weighted by Gasteiger charge is 2.20. The van der Waals surface area contributed by atoms with Crippen molar-refractivity contribution in [2.75, 3.05) is 19.7 Å². The van der Waals surface area contributed by atoms with Crippen LogP contribution in [0.2, 0.25) is 0 Å². The molecule has 1 amide bonds. The molecule has 11 heteroatoms. The summed E-state index contributed by atoms with van der Waals surface area (Å²) in [7, 11) is -7.41. The van der Waals surface area contributed by atoms with Crippen LogP contribution in [-0.4, -0.2) is 48.5 Å². The Kier molecular flexibility index (Phi) is 7.44. The van der Waals surface area contributed by atoms with Crippen molar-refractivity contribution < 1.29 is 26.4 Å². The Labute approximate surface area is 182 Å². The van der Waals surface area contributed by atoms with Gasteiger partial charge in [-0.15, -0.1) is 0 Å². The van der Waals surface area contributed by atoms with Crippen LogP contribution in [-0.2, 0) is 31.2 Å². The summed E-state index contributed by atoms with van der Waals surface area (Å²) in [5, 5.41) is 7.81. The van der Waals surface area contributed by atoms with Crippen LogP contribution in [0, 0.1) is 0 Å². The molecule has 0 saturated carbocycles. The van der Waals surface area contributed by atoms with E-state index in [0.717, 1.165) is 18.4 Å². The number of hydrogen-bond acceptors (Lipinski definition) is 6. The zero-order valence-corrected chi connectivity index (χ0v) is 18.4. The van der Waals surface area contributed by atoms with Gasteiger partial charge in [0, 0.05) is 25.3 Å². The van der Waals surface area contributed by atoms with Crippen LogP contribution in [0.3, 0.4) is 0 Å². The first-order valence-corrected chi connectivity index (χ1v) is 12.8. The molecule has 0 aromatic heterocycles. The fourth-order valence-electron chi connectivity index (χ4n) is 3.15. The van der Waals surface area contributed by atoms with E-state index in [1.807, 2.05) is 0 Å². The molecule has 0 spiro atoms. The standard InChI is InChI=1S/C20H25N3O6S2/c21-30(25,26)18-7-3-15(4-8-18)11-12-22-20(24)16-5-9-19(10-6-16)31(27,28)23-14-17-2-1-13-29-17/h3-10,17,23H,1-2,11-14H2,(H,22,24)(H2,21,25,26). The quantitative estimate of drug-likeness (QED) is 0.497. The second-order valence-corrected chi connectivity index (χ2v) is 10.5. The molecule has 1 aliphatic rings. The Hall–Kier alpha value is -2.31. The molecule has 1 aliphatic heterocycles. The summed E-state index contributed by atoms with van der Waals surface area (Å²) in [6.07, 6.45) is 2.15. The van der Waals surface area contributed by atoms with Gasteiger partial charge in [-0.05, 0) is 61.2 Å². The number of carbonyl (C=O) groups is 1. The minimum Gasteiger partial charge on any atom is -0.377 e. The van der Waals surface area contributed by atoms with Gasteiger partial charge in [0.15, 0.2) is 0 Å². The number of nitrogens with two attached hydrogens (primary N) is 1. The van der Waals surface area contributed by atoms with E-state index >= 15 is 0 Å². The maximum atomic E-state index is 12.4. The van der Waals surface area contributed by atoms with Crippen molar-refractivity contribution in [3.63, 3.8) is 0 Å². The molecule has 1 unspecified atom stereocenters. The van der Waals surface area contributed by atoms with Gasteiger partial charge in [-0.2, -0.15) is 0 Å². The van der Waals surface area contributed by atoms with Gasteiger partial charge >= 0.3 is 0 Å². The zero-order chi connectivity index (χ0) is 22.5. The summed E-state index contributed by atoms with van der Waals surface area (Å²) in [6, 6.07) is 11.8. The molecule has 0 radical (unpaired) electrons. The van der Waals surface area contributed by atoms with Crippen molar-refractivity contribution in [1.82, 2.24) is 10.0 Å². The maximum absolute atomic E-state index is 12.4. The lowest BCUT2D eigenvalue weighted by molar-refractivity contribution is 0.0954. The number of amides is 1. The average molecular weight is 468 g/mol. The van der Waals surface area contributed by atoms with Gasteiger partial charge in [0.05, 0.1) is 15.9 Å². The van der Waals surface area contributed by atoms with Crippen LogP contribution >= 0.6 is 0 Å². The Balaban J connectivity index is 1.50. The maximum Gasteiger partial charge on any atom is 0.251 e. The number of carbonyl (C=O) groups excluding carboxylic acids is 1. The highest BCUT2D eigenvalue weighted by Crippen LogP contribution is 2.14. The normalized spacial score (nSPS) is 16.9. The van der Waals surface area contributed by atoms with E-state index in [-0.39, 0.29) is 28.3 Å². The van der Waals surface area contributed by atoms with E-state index in [1.165, 1.54) is 36.4 Å². The predicted octanol–water partition coefficient (Wildman–Crippen LogP) is 0.764. The number of hydrogen-bond donors (Lipinski definition) is 3. The lowest BCUT2D eigenvalue weighted by Crippen LogP contribution is -2.32. The van der Waals surface area contributed by atoms with Crippen molar-refractivity contribution in [2.45, 2.75) is 35.2 Å². The van der Waals surface area contributed by atoms with Gasteiger partial charge in [-0.1, -0.05) is 12.1 Å². The zero-order valence-electron chi connectivity index (χ0n) is 16.8. The molecule has 1 saturated heterocycles. The summed E-state index contributed by atoms with van der Waals surface area (Å²) >= 11 is 0. The number of nitrogens with one attached hydrogen (secondary N) is 2. The summed E-state index contributed by atoms with van der Waals surface area (Å²) in [5.74, 6) is -0.336. The second-order valence-electron chi connectivity index (χ2n) is 7.21. The van der Waals surface area contributed by atoms with E-state index in [0.29, 0.717) is 25.1 Å². The summed E-state index contributed by atoms with van der Waals surface area (Å²) in [6.45, 7) is 1.20. The van der Waals surface area contributed by atoms with Crippen LogP contribution in [0.25, 0.3) is 0 Å². The molecular weight excluding hydrogens is 442 g/mol. The first-order chi connectivity index (χ1) is 14.6. The minimum atomic E-state index is -3.74. The molecule has 31 heavy (non-hydrogen) atoms. The average Bonchev–Trinajstić information content (AvgIpc) is 3.26. The molecule has 1 heterocycles. The number of ether oxygens (including phenoxy) is 1. The van der Waals surface area contributed by atoms with E-state index in [4.69, 9.17) is 9.88 Å². The molecule has 1 atom stereocenters. The SMILES string of the molecule is NS(=O)(=O)c1ccc(CCNC(=O)c2ccc(S(=O)(=O)NCC3CCCO3)cc2)cc1. The van der Waals surface area contributed by atoms with Crippen molar-refractivity contribution in [1.29, 1.82) is 0 Å². The molecule has 4 N–H and O–H groups in total. The lowest BCUT2D eigenvalue weighted by Gasteiger charge is -2.12. The third kappa shape index (κ3) is 6.58. The molecule has 3 rings (SSSR count). The highest BCUT2D eigenvalue weighted by molar-refractivity contribution is 7.89. The molecule has 0 bridgehead atoms. The van der Waals surface area contributed by atoms with Gasteiger partial charge in [-0.3, -0.25) is 4.79 Å². The fraction of sp³-hybridized carbons (Fsp3) is 0.350. The second kappa shape index (κ2) is 9.88.